The summed E-state index contributed by atoms with van der Waals surface area (Å²) in [5, 5.41) is 9.13. The van der Waals surface area contributed by atoms with Crippen molar-refractivity contribution in [1.29, 1.82) is 0 Å². The molecule has 1 atom stereocenters. The molecular weight excluding hydrogens is 524 g/mol. The zero-order valence-electron chi connectivity index (χ0n) is 24.3. The third kappa shape index (κ3) is 6.65. The zero-order chi connectivity index (χ0) is 29.5. The summed E-state index contributed by atoms with van der Waals surface area (Å²) < 4.78 is 19.0. The molecule has 3 aromatic rings. The van der Waals surface area contributed by atoms with Gasteiger partial charge in [0.1, 0.15) is 0 Å². The van der Waals surface area contributed by atoms with E-state index < -0.39 is 0 Å². The van der Waals surface area contributed by atoms with E-state index in [0.29, 0.717) is 67.3 Å². The molecule has 2 amide bonds. The lowest BCUT2D eigenvalue weighted by molar-refractivity contribution is -0.121. The average molecular weight is 563 g/mol. The third-order valence-corrected chi connectivity index (χ3v) is 7.33. The van der Waals surface area contributed by atoms with Crippen LogP contribution < -0.4 is 35.6 Å². The van der Waals surface area contributed by atoms with Crippen molar-refractivity contribution in [2.24, 2.45) is 7.05 Å². The smallest absolute Gasteiger partial charge is 0.220 e. The standard InChI is InChI=1S/C31H38N4O6/c1-19(36)34-24-12-10-20-16-27(39-3)30(40-4)31(41-5)29(20)22-11-13-25(26(37)17-23(22)24)32-14-6-9-28(38)33-18-21-8-7-15-35(21)2/h7-8,11,13,15-17,24H,6,9-10,12,14,18H2,1-5H3,(H,32,37)(H,33,38)(H,34,36). The lowest BCUT2D eigenvalue weighted by Crippen LogP contribution is -2.26. The number of rotatable bonds is 11. The second-order valence-corrected chi connectivity index (χ2v) is 10.0. The van der Waals surface area contributed by atoms with Gasteiger partial charge in [-0.25, -0.2) is 0 Å². The Balaban J connectivity index is 1.60. The van der Waals surface area contributed by atoms with E-state index in [9.17, 15) is 14.4 Å². The summed E-state index contributed by atoms with van der Waals surface area (Å²) in [5.74, 6) is 1.27. The van der Waals surface area contributed by atoms with E-state index in [1.54, 1.807) is 33.5 Å². The van der Waals surface area contributed by atoms with Crippen molar-refractivity contribution in [2.45, 2.75) is 45.2 Å². The summed E-state index contributed by atoms with van der Waals surface area (Å²) in [7, 11) is 6.63. The minimum Gasteiger partial charge on any atom is -0.493 e. The monoisotopic (exact) mass is 562 g/mol. The molecule has 2 aromatic carbocycles. The fourth-order valence-corrected chi connectivity index (χ4v) is 5.28. The van der Waals surface area contributed by atoms with Crippen molar-refractivity contribution in [2.75, 3.05) is 33.2 Å². The van der Waals surface area contributed by atoms with E-state index >= 15 is 0 Å². The normalized spacial score (nSPS) is 13.7. The number of hydrogen-bond acceptors (Lipinski definition) is 7. The maximum absolute atomic E-state index is 13.4. The van der Waals surface area contributed by atoms with Gasteiger partial charge in [0, 0.05) is 44.4 Å². The maximum atomic E-state index is 13.4. The van der Waals surface area contributed by atoms with Crippen LogP contribution >= 0.6 is 0 Å². The van der Waals surface area contributed by atoms with E-state index in [1.807, 2.05) is 42.1 Å². The first-order chi connectivity index (χ1) is 19.8. The van der Waals surface area contributed by atoms with Crippen molar-refractivity contribution in [3.05, 3.63) is 69.6 Å². The average Bonchev–Trinajstić information content (AvgIpc) is 3.22. The van der Waals surface area contributed by atoms with E-state index in [0.717, 1.165) is 22.4 Å². The van der Waals surface area contributed by atoms with Gasteiger partial charge in [0.2, 0.25) is 23.0 Å². The molecule has 0 bridgehead atoms. The SMILES string of the molecule is COc1cc2c(c(OC)c1OC)-c1ccc(NCCCC(=O)NCc3cccn3C)c(=O)cc1C(NC(C)=O)CC2. The van der Waals surface area contributed by atoms with Crippen LogP contribution in [-0.2, 0) is 29.6 Å². The molecule has 41 heavy (non-hydrogen) atoms. The molecule has 4 rings (SSSR count). The molecule has 1 aliphatic rings. The summed E-state index contributed by atoms with van der Waals surface area (Å²) in [6.07, 6.45) is 4.03. The Hall–Kier alpha value is -4.47. The Morgan fingerprint density at radius 3 is 2.49 bits per heavy atom. The number of hydrogen-bond donors (Lipinski definition) is 3. The molecular formula is C31H38N4O6. The van der Waals surface area contributed by atoms with Gasteiger partial charge < -0.3 is 34.7 Å². The van der Waals surface area contributed by atoms with Crippen LogP contribution in [0.4, 0.5) is 5.69 Å². The van der Waals surface area contributed by atoms with Gasteiger partial charge in [-0.15, -0.1) is 0 Å². The van der Waals surface area contributed by atoms with Gasteiger partial charge in [0.05, 0.1) is 39.6 Å². The number of fused-ring (bicyclic) bond motifs is 3. The lowest BCUT2D eigenvalue weighted by Gasteiger charge is -2.19. The van der Waals surface area contributed by atoms with Crippen LogP contribution in [0.1, 0.15) is 49.0 Å². The molecule has 10 heteroatoms. The largest absolute Gasteiger partial charge is 0.493 e. The molecule has 3 N–H and O–H groups in total. The molecule has 0 saturated heterocycles. The highest BCUT2D eigenvalue weighted by atomic mass is 16.5. The molecule has 10 nitrogen and oxygen atoms in total. The number of nitrogens with one attached hydrogen (secondary N) is 3. The predicted octanol–water partition coefficient (Wildman–Crippen LogP) is 3.71. The fraction of sp³-hybridized carbons (Fsp3) is 0.387. The number of nitrogens with zero attached hydrogens (tertiary/aromatic N) is 1. The minimum atomic E-state index is -0.377. The highest BCUT2D eigenvalue weighted by Gasteiger charge is 2.29. The van der Waals surface area contributed by atoms with Gasteiger partial charge in [0.15, 0.2) is 11.5 Å². The van der Waals surface area contributed by atoms with Crippen molar-refractivity contribution in [3.8, 4) is 28.4 Å². The first kappa shape index (κ1) is 29.5. The molecule has 1 aromatic heterocycles. The van der Waals surface area contributed by atoms with Crippen LogP contribution in [-0.4, -0.2) is 44.3 Å². The number of anilines is 1. The van der Waals surface area contributed by atoms with E-state index in [1.165, 1.54) is 6.92 Å². The number of benzene rings is 1. The van der Waals surface area contributed by atoms with Crippen molar-refractivity contribution in [3.63, 3.8) is 0 Å². The third-order valence-electron chi connectivity index (χ3n) is 7.33. The summed E-state index contributed by atoms with van der Waals surface area (Å²) in [5.41, 5.74) is 4.44. The number of carbonyl (C=O) groups is 2. The molecule has 0 saturated carbocycles. The summed E-state index contributed by atoms with van der Waals surface area (Å²) >= 11 is 0. The molecule has 1 aliphatic carbocycles. The highest BCUT2D eigenvalue weighted by Crippen LogP contribution is 2.50. The number of aromatic nitrogens is 1. The first-order valence-electron chi connectivity index (χ1n) is 13.7. The molecule has 0 aliphatic heterocycles. The Morgan fingerprint density at radius 1 is 1.05 bits per heavy atom. The molecule has 1 heterocycles. The maximum Gasteiger partial charge on any atom is 0.220 e. The van der Waals surface area contributed by atoms with E-state index in [-0.39, 0.29) is 23.3 Å². The summed E-state index contributed by atoms with van der Waals surface area (Å²) in [4.78, 5) is 37.8. The second-order valence-electron chi connectivity index (χ2n) is 10.0. The Kier molecular flexibility index (Phi) is 9.54. The highest BCUT2D eigenvalue weighted by molar-refractivity contribution is 5.83. The quantitative estimate of drug-likeness (QED) is 0.305. The lowest BCUT2D eigenvalue weighted by atomic mass is 9.95. The summed E-state index contributed by atoms with van der Waals surface area (Å²) in [6, 6.07) is 10.6. The van der Waals surface area contributed by atoms with Crippen LogP contribution in [0.5, 0.6) is 17.2 Å². The molecule has 218 valence electrons. The van der Waals surface area contributed by atoms with Crippen LogP contribution in [0, 0.1) is 0 Å². The predicted molar refractivity (Wildman–Crippen MR) is 158 cm³/mol. The van der Waals surface area contributed by atoms with Gasteiger partial charge in [-0.05, 0) is 66.3 Å². The minimum absolute atomic E-state index is 0.0492. The topological polar surface area (TPSA) is 120 Å². The number of aryl methyl sites for hydroxylation is 2. The zero-order valence-corrected chi connectivity index (χ0v) is 24.3. The van der Waals surface area contributed by atoms with E-state index in [4.69, 9.17) is 14.2 Å². The Labute approximate surface area is 240 Å². The van der Waals surface area contributed by atoms with Crippen molar-refractivity contribution < 1.29 is 23.8 Å². The van der Waals surface area contributed by atoms with Crippen LogP contribution in [0.15, 0.2) is 47.4 Å². The number of ether oxygens (including phenoxy) is 3. The van der Waals surface area contributed by atoms with Crippen molar-refractivity contribution in [1.82, 2.24) is 15.2 Å². The number of carbonyl (C=O) groups excluding carboxylic acids is 2. The molecule has 1 unspecified atom stereocenters. The molecule has 0 fully saturated rings. The van der Waals surface area contributed by atoms with Gasteiger partial charge in [-0.1, -0.05) is 6.07 Å². The Bertz CT molecular complexity index is 1480. The van der Waals surface area contributed by atoms with Crippen LogP contribution in [0.3, 0.4) is 0 Å². The number of amides is 2. The van der Waals surface area contributed by atoms with Gasteiger partial charge in [-0.3, -0.25) is 14.4 Å². The summed E-state index contributed by atoms with van der Waals surface area (Å²) in [6.45, 7) is 2.38. The van der Waals surface area contributed by atoms with Crippen LogP contribution in [0.2, 0.25) is 0 Å². The fourth-order valence-electron chi connectivity index (χ4n) is 5.28. The van der Waals surface area contributed by atoms with Gasteiger partial charge in [0.25, 0.3) is 0 Å². The van der Waals surface area contributed by atoms with Crippen LogP contribution in [0.25, 0.3) is 11.1 Å². The molecule has 0 spiro atoms. The van der Waals surface area contributed by atoms with Gasteiger partial charge in [-0.2, -0.15) is 0 Å². The van der Waals surface area contributed by atoms with E-state index in [2.05, 4.69) is 16.0 Å². The first-order valence-corrected chi connectivity index (χ1v) is 13.7. The van der Waals surface area contributed by atoms with Crippen molar-refractivity contribution >= 4 is 17.5 Å². The second kappa shape index (κ2) is 13.3. The number of methoxy groups -OCH3 is 3. The Morgan fingerprint density at radius 2 is 1.83 bits per heavy atom. The van der Waals surface area contributed by atoms with Gasteiger partial charge >= 0.3 is 0 Å². The molecule has 0 radical (unpaired) electrons.